The second-order valence-corrected chi connectivity index (χ2v) is 5.50. The molecule has 1 heterocycles. The molecule has 1 atom stereocenters. The summed E-state index contributed by atoms with van der Waals surface area (Å²) in [6.07, 6.45) is 1.75. The lowest BCUT2D eigenvalue weighted by Crippen LogP contribution is -2.32. The van der Waals surface area contributed by atoms with Crippen molar-refractivity contribution < 1.29 is 9.53 Å². The van der Waals surface area contributed by atoms with Crippen molar-refractivity contribution in [3.8, 4) is 5.75 Å². The zero-order valence-electron chi connectivity index (χ0n) is 11.8. The molecule has 0 aliphatic heterocycles. The van der Waals surface area contributed by atoms with E-state index in [1.165, 1.54) is 11.3 Å². The maximum absolute atomic E-state index is 12.2. The topological polar surface area (TPSA) is 51.2 Å². The van der Waals surface area contributed by atoms with E-state index in [9.17, 15) is 4.79 Å². The Kier molecular flexibility index (Phi) is 4.74. The van der Waals surface area contributed by atoms with Crippen LogP contribution in [0.5, 0.6) is 5.75 Å². The maximum Gasteiger partial charge on any atom is 0.267 e. The lowest BCUT2D eigenvalue weighted by atomic mass is 10.1. The van der Waals surface area contributed by atoms with E-state index in [0.29, 0.717) is 11.6 Å². The predicted octanol–water partition coefficient (Wildman–Crippen LogP) is 3.56. The van der Waals surface area contributed by atoms with Crippen LogP contribution in [0.2, 0.25) is 0 Å². The minimum atomic E-state index is -0.514. The van der Waals surface area contributed by atoms with Gasteiger partial charge in [0.1, 0.15) is 5.75 Å². The minimum absolute atomic E-state index is 0.164. The van der Waals surface area contributed by atoms with E-state index in [-0.39, 0.29) is 5.91 Å². The molecule has 5 heteroatoms. The van der Waals surface area contributed by atoms with Crippen LogP contribution in [0.15, 0.2) is 29.8 Å². The Morgan fingerprint density at radius 3 is 2.90 bits per heavy atom. The molecule has 20 heavy (non-hydrogen) atoms. The summed E-state index contributed by atoms with van der Waals surface area (Å²) in [5, 5.41) is 5.19. The molecule has 0 fully saturated rings. The second kappa shape index (κ2) is 6.52. The van der Waals surface area contributed by atoms with Gasteiger partial charge in [0.2, 0.25) is 0 Å². The van der Waals surface area contributed by atoms with Gasteiger partial charge in [-0.3, -0.25) is 10.1 Å². The van der Waals surface area contributed by atoms with Gasteiger partial charge in [0, 0.05) is 11.6 Å². The zero-order chi connectivity index (χ0) is 14.5. The Hall–Kier alpha value is -1.88. The lowest BCUT2D eigenvalue weighted by molar-refractivity contribution is -0.122. The third kappa shape index (κ3) is 3.57. The van der Waals surface area contributed by atoms with Gasteiger partial charge in [-0.05, 0) is 37.5 Å². The first kappa shape index (κ1) is 14.5. The normalized spacial score (nSPS) is 11.9. The Morgan fingerprint density at radius 1 is 1.45 bits per heavy atom. The fourth-order valence-electron chi connectivity index (χ4n) is 1.78. The first-order chi connectivity index (χ1) is 9.60. The van der Waals surface area contributed by atoms with Crippen LogP contribution in [-0.2, 0) is 4.79 Å². The Labute approximate surface area is 122 Å². The Balaban J connectivity index is 2.08. The molecule has 4 nitrogen and oxygen atoms in total. The molecule has 0 aliphatic carbocycles. The number of carbonyl (C=O) groups excluding carboxylic acids is 1. The zero-order valence-corrected chi connectivity index (χ0v) is 12.7. The van der Waals surface area contributed by atoms with Crippen LogP contribution in [0.4, 0.5) is 5.13 Å². The van der Waals surface area contributed by atoms with Crippen LogP contribution in [-0.4, -0.2) is 17.0 Å². The number of anilines is 1. The van der Waals surface area contributed by atoms with Crippen molar-refractivity contribution >= 4 is 22.4 Å². The van der Waals surface area contributed by atoms with Gasteiger partial charge in [-0.2, -0.15) is 0 Å². The number of aromatic nitrogens is 1. The summed E-state index contributed by atoms with van der Waals surface area (Å²) < 4.78 is 5.85. The Bertz CT molecular complexity index is 582. The SMILES string of the molecule is CC[C@@H](Oc1cc(C)ccc1C)C(=O)Nc1nccs1. The number of benzene rings is 1. The fraction of sp³-hybridized carbons (Fsp3) is 0.333. The number of hydrogen-bond acceptors (Lipinski definition) is 4. The molecule has 2 aromatic rings. The van der Waals surface area contributed by atoms with Crippen LogP contribution >= 0.6 is 11.3 Å². The highest BCUT2D eigenvalue weighted by molar-refractivity contribution is 7.13. The van der Waals surface area contributed by atoms with E-state index >= 15 is 0 Å². The van der Waals surface area contributed by atoms with Crippen LogP contribution in [0.1, 0.15) is 24.5 Å². The fourth-order valence-corrected chi connectivity index (χ4v) is 2.31. The number of nitrogens with one attached hydrogen (secondary N) is 1. The quantitative estimate of drug-likeness (QED) is 0.916. The first-order valence-electron chi connectivity index (χ1n) is 6.54. The number of aryl methyl sites for hydroxylation is 2. The van der Waals surface area contributed by atoms with Gasteiger partial charge in [0.25, 0.3) is 5.91 Å². The predicted molar refractivity (Wildman–Crippen MR) is 81.4 cm³/mol. The molecule has 1 aromatic carbocycles. The van der Waals surface area contributed by atoms with Gasteiger partial charge in [-0.1, -0.05) is 19.1 Å². The molecule has 1 aromatic heterocycles. The molecule has 106 valence electrons. The van der Waals surface area contributed by atoms with Crippen molar-refractivity contribution in [3.63, 3.8) is 0 Å². The second-order valence-electron chi connectivity index (χ2n) is 4.61. The number of rotatable bonds is 5. The van der Waals surface area contributed by atoms with Crippen LogP contribution < -0.4 is 10.1 Å². The largest absolute Gasteiger partial charge is 0.480 e. The summed E-state index contributed by atoms with van der Waals surface area (Å²) in [7, 11) is 0. The smallest absolute Gasteiger partial charge is 0.267 e. The van der Waals surface area contributed by atoms with Gasteiger partial charge in [0.05, 0.1) is 0 Å². The molecule has 0 aliphatic rings. The highest BCUT2D eigenvalue weighted by Crippen LogP contribution is 2.22. The minimum Gasteiger partial charge on any atom is -0.480 e. The van der Waals surface area contributed by atoms with Gasteiger partial charge >= 0.3 is 0 Å². The monoisotopic (exact) mass is 290 g/mol. The molecule has 0 radical (unpaired) electrons. The molecule has 0 saturated heterocycles. The van der Waals surface area contributed by atoms with Crippen LogP contribution in [0.3, 0.4) is 0 Å². The maximum atomic E-state index is 12.2. The summed E-state index contributed by atoms with van der Waals surface area (Å²) in [6.45, 7) is 5.90. The van der Waals surface area contributed by atoms with E-state index in [1.807, 2.05) is 44.4 Å². The van der Waals surface area contributed by atoms with Gasteiger partial charge < -0.3 is 4.74 Å². The highest BCUT2D eigenvalue weighted by Gasteiger charge is 2.20. The Morgan fingerprint density at radius 2 is 2.25 bits per heavy atom. The number of thiazole rings is 1. The summed E-state index contributed by atoms with van der Waals surface area (Å²) in [6, 6.07) is 5.98. The molecule has 0 unspecified atom stereocenters. The van der Waals surface area contributed by atoms with Crippen molar-refractivity contribution in [2.45, 2.75) is 33.3 Å². The van der Waals surface area contributed by atoms with Crippen molar-refractivity contribution in [3.05, 3.63) is 40.9 Å². The molecule has 1 amide bonds. The molecule has 0 bridgehead atoms. The van der Waals surface area contributed by atoms with Gasteiger partial charge in [-0.15, -0.1) is 11.3 Å². The van der Waals surface area contributed by atoms with Crippen molar-refractivity contribution in [2.24, 2.45) is 0 Å². The highest BCUT2D eigenvalue weighted by atomic mass is 32.1. The lowest BCUT2D eigenvalue weighted by Gasteiger charge is -2.18. The molecule has 0 saturated carbocycles. The van der Waals surface area contributed by atoms with Gasteiger partial charge in [0.15, 0.2) is 11.2 Å². The van der Waals surface area contributed by atoms with E-state index < -0.39 is 6.10 Å². The number of carbonyl (C=O) groups is 1. The number of nitrogens with zero attached hydrogens (tertiary/aromatic N) is 1. The van der Waals surface area contributed by atoms with Crippen molar-refractivity contribution in [1.29, 1.82) is 0 Å². The molecule has 2 rings (SSSR count). The summed E-state index contributed by atoms with van der Waals surface area (Å²) >= 11 is 1.39. The first-order valence-corrected chi connectivity index (χ1v) is 7.42. The molecule has 0 spiro atoms. The summed E-state index contributed by atoms with van der Waals surface area (Å²) in [4.78, 5) is 16.2. The standard InChI is InChI=1S/C15H18N2O2S/c1-4-12(14(18)17-15-16-7-8-20-15)19-13-9-10(2)5-6-11(13)3/h5-9,12H,4H2,1-3H3,(H,16,17,18)/t12-/m1/s1. The third-order valence-electron chi connectivity index (χ3n) is 2.94. The third-order valence-corrected chi connectivity index (χ3v) is 3.63. The van der Waals surface area contributed by atoms with E-state index in [1.54, 1.807) is 6.20 Å². The number of ether oxygens (including phenoxy) is 1. The summed E-state index contributed by atoms with van der Waals surface area (Å²) in [5.74, 6) is 0.592. The molecular formula is C15H18N2O2S. The van der Waals surface area contributed by atoms with Crippen LogP contribution in [0, 0.1) is 13.8 Å². The molecule has 1 N–H and O–H groups in total. The van der Waals surface area contributed by atoms with Crippen molar-refractivity contribution in [2.75, 3.05) is 5.32 Å². The van der Waals surface area contributed by atoms with E-state index in [2.05, 4.69) is 10.3 Å². The van der Waals surface area contributed by atoms with Gasteiger partial charge in [-0.25, -0.2) is 4.98 Å². The van der Waals surface area contributed by atoms with Crippen LogP contribution in [0.25, 0.3) is 0 Å². The average Bonchev–Trinajstić information content (AvgIpc) is 2.92. The number of amides is 1. The van der Waals surface area contributed by atoms with E-state index in [4.69, 9.17) is 4.74 Å². The number of hydrogen-bond donors (Lipinski definition) is 1. The van der Waals surface area contributed by atoms with E-state index in [0.717, 1.165) is 16.9 Å². The molecular weight excluding hydrogens is 272 g/mol. The average molecular weight is 290 g/mol. The summed E-state index contributed by atoms with van der Waals surface area (Å²) in [5.41, 5.74) is 2.14. The van der Waals surface area contributed by atoms with Crippen molar-refractivity contribution in [1.82, 2.24) is 4.98 Å².